The molecule has 0 radical (unpaired) electrons. The average Bonchev–Trinajstić information content (AvgIpc) is 2.50. The molecule has 0 atom stereocenters. The van der Waals surface area contributed by atoms with Gasteiger partial charge in [-0.15, -0.1) is 0 Å². The molecule has 0 heterocycles. The van der Waals surface area contributed by atoms with Gasteiger partial charge in [0.2, 0.25) is 0 Å². The summed E-state index contributed by atoms with van der Waals surface area (Å²) < 4.78 is 0. The van der Waals surface area contributed by atoms with Crippen molar-refractivity contribution in [3.63, 3.8) is 0 Å². The van der Waals surface area contributed by atoms with Crippen LogP contribution in [-0.2, 0) is 10.8 Å². The summed E-state index contributed by atoms with van der Waals surface area (Å²) in [6, 6.07) is 14.6. The van der Waals surface area contributed by atoms with E-state index in [0.29, 0.717) is 0 Å². The van der Waals surface area contributed by atoms with Gasteiger partial charge in [0.05, 0.1) is 16.1 Å². The first-order valence-corrected chi connectivity index (χ1v) is 17.7. The summed E-state index contributed by atoms with van der Waals surface area (Å²) in [6.45, 7) is 28.8. The molecule has 0 N–H and O–H groups in total. The number of benzene rings is 2. The van der Waals surface area contributed by atoms with E-state index in [9.17, 15) is 0 Å². The third kappa shape index (κ3) is 5.07. The summed E-state index contributed by atoms with van der Waals surface area (Å²) in [5, 5.41) is 3.20. The summed E-state index contributed by atoms with van der Waals surface area (Å²) in [6.07, 6.45) is 0. The van der Waals surface area contributed by atoms with Gasteiger partial charge in [0.15, 0.2) is 0 Å². The second kappa shape index (κ2) is 7.29. The van der Waals surface area contributed by atoms with E-state index in [2.05, 4.69) is 117 Å². The Morgan fingerprint density at radius 1 is 0.500 bits per heavy atom. The second-order valence-corrected chi connectivity index (χ2v) is 22.6. The van der Waals surface area contributed by atoms with Gasteiger partial charge in [0.25, 0.3) is 0 Å². The van der Waals surface area contributed by atoms with Gasteiger partial charge in [-0.05, 0) is 33.1 Å². The van der Waals surface area contributed by atoms with E-state index in [-0.39, 0.29) is 10.8 Å². The fraction of sp³-hybridized carbons (Fsp3) is 0.538. The summed E-state index contributed by atoms with van der Waals surface area (Å²) in [5.74, 6) is 0. The lowest BCUT2D eigenvalue weighted by Gasteiger charge is -2.30. The molecular formula is C26H42Si2. The monoisotopic (exact) mass is 410 g/mol. The normalized spacial score (nSPS) is 13.7. The lowest BCUT2D eigenvalue weighted by Crippen LogP contribution is -2.43. The SMILES string of the molecule is CC(C)(C)c1ccc(-c2ccc(C(C)(C)C)cc2[Si](C)(C)C)c([Si](C)(C)C)c1. The Balaban J connectivity index is 2.84. The molecule has 0 aliphatic rings. The largest absolute Gasteiger partial charge is 0.0784 e. The van der Waals surface area contributed by atoms with Crippen LogP contribution in [0.4, 0.5) is 0 Å². The van der Waals surface area contributed by atoms with Gasteiger partial charge in [-0.1, -0.05) is 128 Å². The first-order valence-electron chi connectivity index (χ1n) is 10.7. The zero-order chi connectivity index (χ0) is 21.7. The second-order valence-electron chi connectivity index (χ2n) is 12.5. The molecule has 2 heteroatoms. The van der Waals surface area contributed by atoms with Gasteiger partial charge in [0, 0.05) is 0 Å². The van der Waals surface area contributed by atoms with Crippen LogP contribution in [0.2, 0.25) is 39.3 Å². The molecule has 2 aromatic rings. The molecule has 0 amide bonds. The Hall–Kier alpha value is -1.13. The molecule has 0 bridgehead atoms. The van der Waals surface area contributed by atoms with Crippen LogP contribution in [0.5, 0.6) is 0 Å². The zero-order valence-corrected chi connectivity index (χ0v) is 22.5. The van der Waals surface area contributed by atoms with Crippen molar-refractivity contribution in [2.45, 2.75) is 91.7 Å². The first kappa shape index (κ1) is 23.2. The quantitative estimate of drug-likeness (QED) is 0.476. The predicted octanol–water partition coefficient (Wildman–Crippen LogP) is 7.04. The van der Waals surface area contributed by atoms with E-state index in [1.54, 1.807) is 10.4 Å². The van der Waals surface area contributed by atoms with Crippen LogP contribution in [0.15, 0.2) is 36.4 Å². The van der Waals surface area contributed by atoms with Gasteiger partial charge < -0.3 is 0 Å². The zero-order valence-electron chi connectivity index (χ0n) is 20.5. The van der Waals surface area contributed by atoms with E-state index in [1.165, 1.54) is 22.3 Å². The fourth-order valence-electron chi connectivity index (χ4n) is 3.73. The molecule has 0 spiro atoms. The molecule has 0 unspecified atom stereocenters. The molecule has 0 aliphatic carbocycles. The molecule has 0 aliphatic heterocycles. The summed E-state index contributed by atoms with van der Waals surface area (Å²) in [4.78, 5) is 0. The van der Waals surface area contributed by atoms with Crippen LogP contribution in [0, 0.1) is 0 Å². The van der Waals surface area contributed by atoms with Crippen LogP contribution >= 0.6 is 0 Å². The Bertz CT molecular complexity index is 774. The maximum Gasteiger partial charge on any atom is 0.0784 e. The highest BCUT2D eigenvalue weighted by Crippen LogP contribution is 2.30. The van der Waals surface area contributed by atoms with Gasteiger partial charge in [-0.2, -0.15) is 0 Å². The van der Waals surface area contributed by atoms with E-state index >= 15 is 0 Å². The summed E-state index contributed by atoms with van der Waals surface area (Å²) in [5.41, 5.74) is 6.23. The highest BCUT2D eigenvalue weighted by Gasteiger charge is 2.28. The number of hydrogen-bond acceptors (Lipinski definition) is 0. The topological polar surface area (TPSA) is 0 Å². The molecule has 0 saturated heterocycles. The predicted molar refractivity (Wildman–Crippen MR) is 135 cm³/mol. The van der Waals surface area contributed by atoms with Gasteiger partial charge in [-0.3, -0.25) is 0 Å². The van der Waals surface area contributed by atoms with Crippen molar-refractivity contribution in [1.29, 1.82) is 0 Å². The van der Waals surface area contributed by atoms with Crippen LogP contribution in [0.1, 0.15) is 52.7 Å². The van der Waals surface area contributed by atoms with Crippen molar-refractivity contribution in [2.75, 3.05) is 0 Å². The molecular weight excluding hydrogens is 368 g/mol. The standard InChI is InChI=1S/C26H42Si2/c1-25(2,3)19-13-15-21(23(17-19)27(7,8)9)22-16-14-20(26(4,5)6)18-24(22)28(10,11)12/h13-18H,1-12H3. The molecule has 2 aromatic carbocycles. The third-order valence-corrected chi connectivity index (χ3v) is 9.74. The minimum Gasteiger partial charge on any atom is -0.0656 e. The van der Waals surface area contributed by atoms with Crippen molar-refractivity contribution in [1.82, 2.24) is 0 Å². The Morgan fingerprint density at radius 2 is 0.786 bits per heavy atom. The summed E-state index contributed by atoms with van der Waals surface area (Å²) in [7, 11) is -2.98. The van der Waals surface area contributed by atoms with Gasteiger partial charge in [0.1, 0.15) is 0 Å². The molecule has 0 saturated carbocycles. The third-order valence-electron chi connectivity index (χ3n) is 5.68. The van der Waals surface area contributed by atoms with E-state index in [1.807, 2.05) is 0 Å². The fourth-order valence-corrected chi connectivity index (χ4v) is 6.96. The van der Waals surface area contributed by atoms with Crippen molar-refractivity contribution < 1.29 is 0 Å². The minimum absolute atomic E-state index is 0.185. The molecule has 28 heavy (non-hydrogen) atoms. The number of hydrogen-bond donors (Lipinski definition) is 0. The van der Waals surface area contributed by atoms with E-state index < -0.39 is 16.1 Å². The first-order chi connectivity index (χ1) is 12.4. The lowest BCUT2D eigenvalue weighted by molar-refractivity contribution is 0.590. The maximum atomic E-state index is 2.52. The van der Waals surface area contributed by atoms with Crippen LogP contribution in [0.3, 0.4) is 0 Å². The number of rotatable bonds is 3. The average molecular weight is 411 g/mol. The van der Waals surface area contributed by atoms with Crippen molar-refractivity contribution in [3.05, 3.63) is 47.5 Å². The van der Waals surface area contributed by atoms with Crippen LogP contribution in [-0.4, -0.2) is 16.1 Å². The Labute approximate surface area is 176 Å². The molecule has 0 nitrogen and oxygen atoms in total. The van der Waals surface area contributed by atoms with E-state index in [4.69, 9.17) is 0 Å². The molecule has 0 aromatic heterocycles. The van der Waals surface area contributed by atoms with Gasteiger partial charge in [-0.25, -0.2) is 0 Å². The van der Waals surface area contributed by atoms with Gasteiger partial charge >= 0.3 is 0 Å². The molecule has 154 valence electrons. The minimum atomic E-state index is -1.49. The van der Waals surface area contributed by atoms with Crippen LogP contribution < -0.4 is 10.4 Å². The maximum absolute atomic E-state index is 2.52. The molecule has 0 fully saturated rings. The van der Waals surface area contributed by atoms with Crippen molar-refractivity contribution >= 4 is 26.5 Å². The van der Waals surface area contributed by atoms with Crippen LogP contribution in [0.25, 0.3) is 11.1 Å². The van der Waals surface area contributed by atoms with E-state index in [0.717, 1.165) is 0 Å². The lowest BCUT2D eigenvalue weighted by atomic mass is 9.84. The van der Waals surface area contributed by atoms with Crippen molar-refractivity contribution in [3.8, 4) is 11.1 Å². The van der Waals surface area contributed by atoms with Crippen molar-refractivity contribution in [2.24, 2.45) is 0 Å². The Morgan fingerprint density at radius 3 is 1.00 bits per heavy atom. The smallest absolute Gasteiger partial charge is 0.0656 e. The summed E-state index contributed by atoms with van der Waals surface area (Å²) >= 11 is 0. The highest BCUT2D eigenvalue weighted by atomic mass is 28.3. The Kier molecular flexibility index (Phi) is 6.03. The molecule has 2 rings (SSSR count). The highest BCUT2D eigenvalue weighted by molar-refractivity contribution is 6.91.